The predicted octanol–water partition coefficient (Wildman–Crippen LogP) is -5.59. The third kappa shape index (κ3) is 27.6. The largest absolute Gasteiger partial charge is 0.481 e. The number of nitrogens with zero attached hydrogens (tertiary/aromatic N) is 1. The summed E-state index contributed by atoms with van der Waals surface area (Å²) in [5.74, 6) is -15.6. The maximum absolute atomic E-state index is 14.0. The van der Waals surface area contributed by atoms with Gasteiger partial charge in [-0.1, -0.05) is 48.0 Å². The van der Waals surface area contributed by atoms with E-state index in [2.05, 4.69) is 47.5 Å². The second kappa shape index (κ2) is 35.1. The molecule has 0 radical (unpaired) electrons. The molecule has 0 bridgehead atoms. The predicted molar refractivity (Wildman–Crippen MR) is 268 cm³/mol. The highest BCUT2D eigenvalue weighted by Gasteiger charge is 2.36. The maximum atomic E-state index is 14.0. The molecule has 0 aliphatic carbocycles. The van der Waals surface area contributed by atoms with E-state index in [0.29, 0.717) is 19.4 Å². The maximum Gasteiger partial charge on any atom is 0.326 e. The Morgan fingerprint density at radius 3 is 1.32 bits per heavy atom. The van der Waals surface area contributed by atoms with E-state index in [0.717, 1.165) is 0 Å². The molecule has 426 valence electrons. The number of carbonyl (C=O) groups is 12. The van der Waals surface area contributed by atoms with E-state index < -0.39 is 176 Å². The van der Waals surface area contributed by atoms with Gasteiger partial charge in [-0.15, -0.1) is 0 Å². The number of aliphatic hydroxyl groups excluding tert-OH is 1. The third-order valence-electron chi connectivity index (χ3n) is 11.1. The third-order valence-corrected chi connectivity index (χ3v) is 11.1. The van der Waals surface area contributed by atoms with Crippen LogP contribution in [0.3, 0.4) is 0 Å². The molecule has 0 saturated heterocycles. The van der Waals surface area contributed by atoms with Gasteiger partial charge in [0.2, 0.25) is 53.2 Å². The van der Waals surface area contributed by atoms with Crippen molar-refractivity contribution in [1.82, 2.24) is 42.5 Å². The van der Waals surface area contributed by atoms with Crippen molar-refractivity contribution >= 4 is 77.0 Å². The van der Waals surface area contributed by atoms with Gasteiger partial charge in [-0.2, -0.15) is 0 Å². The molecule has 30 heteroatoms. The summed E-state index contributed by atoms with van der Waals surface area (Å²) in [6, 6.07) is -13.9. The van der Waals surface area contributed by atoms with Gasteiger partial charge in [-0.25, -0.2) is 4.79 Å². The minimum Gasteiger partial charge on any atom is -0.481 e. The fraction of sp³-hybridized carbons (Fsp3) is 0.711. The molecule has 0 saturated carbocycles. The number of nitrogens with one attached hydrogen (secondary N) is 8. The summed E-state index contributed by atoms with van der Waals surface area (Å²) in [5, 5.41) is 57.3. The molecule has 0 aromatic rings. The van der Waals surface area contributed by atoms with Gasteiger partial charge in [0.25, 0.3) is 0 Å². The SMILES string of the molecule is CC(C)C[C@H](NC(=O)[C@@H](N)CCCCN)C(=O)N[C@@H](CC(N)=O)C(=O)N[C@H](C(=O)N[C@@H](CCC(=O)O)C(=O)N[C@@H](CCC(=O)O)C(=O)N[C@@H](CCCN=C(N)N)C(=O)N[C@@H](CO)C(=O)N[C@H](C(=O)O)C(C)C)C(C)C. The highest BCUT2D eigenvalue weighted by atomic mass is 16.4. The summed E-state index contributed by atoms with van der Waals surface area (Å²) >= 11 is 0. The number of rotatable bonds is 38. The Bertz CT molecular complexity index is 2000. The number of carboxylic acids is 3. The van der Waals surface area contributed by atoms with Gasteiger partial charge in [0.15, 0.2) is 5.96 Å². The van der Waals surface area contributed by atoms with E-state index in [4.69, 9.17) is 28.7 Å². The molecule has 9 atom stereocenters. The molecule has 0 aliphatic heterocycles. The first-order valence-corrected chi connectivity index (χ1v) is 24.4. The molecule has 9 amide bonds. The standard InChI is InChI=1S/C45H80N14O16/c1-21(2)18-28(55-36(66)24(47)10-7-8-16-46)40(70)56-29(19-31(48)61)41(71)58-34(22(3)4)43(73)54-27(13-15-33(64)65)39(69)53-26(12-14-32(62)63)38(68)52-25(11-9-17-51-45(49)50)37(67)57-30(20-60)42(72)59-35(23(5)6)44(74)75/h21-30,34-35,60H,7-20,46-47H2,1-6H3,(H2,48,61)(H,52,68)(H,53,69)(H,54,73)(H,55,66)(H,56,70)(H,57,67)(H,58,71)(H,59,72)(H,62,63)(H,64,65)(H,74,75)(H4,49,50,51)/t24-,25-,26-,27-,28-,29-,30-,34-,35-/m0/s1. The summed E-state index contributed by atoms with van der Waals surface area (Å²) in [4.78, 5) is 160. The van der Waals surface area contributed by atoms with E-state index in [1.54, 1.807) is 13.8 Å². The molecule has 0 aliphatic rings. The van der Waals surface area contributed by atoms with E-state index in [9.17, 15) is 78.0 Å². The number of hydrogen-bond donors (Lipinski definition) is 17. The van der Waals surface area contributed by atoms with E-state index >= 15 is 0 Å². The molecule has 0 aromatic heterocycles. The van der Waals surface area contributed by atoms with Crippen LogP contribution in [0.2, 0.25) is 0 Å². The highest BCUT2D eigenvalue weighted by molar-refractivity contribution is 5.99. The number of nitrogens with two attached hydrogens (primary N) is 5. The zero-order valence-corrected chi connectivity index (χ0v) is 43.3. The summed E-state index contributed by atoms with van der Waals surface area (Å²) in [6.45, 7) is 8.70. The number of hydrogen-bond acceptors (Lipinski definition) is 16. The van der Waals surface area contributed by atoms with Crippen LogP contribution in [0.1, 0.15) is 112 Å². The minimum atomic E-state index is -1.82. The van der Waals surface area contributed by atoms with Crippen molar-refractivity contribution in [3.05, 3.63) is 0 Å². The first kappa shape index (κ1) is 67.8. The van der Waals surface area contributed by atoms with Crippen molar-refractivity contribution in [3.8, 4) is 0 Å². The van der Waals surface area contributed by atoms with Gasteiger partial charge < -0.3 is 91.6 Å². The fourth-order valence-electron chi connectivity index (χ4n) is 6.98. The van der Waals surface area contributed by atoms with Crippen molar-refractivity contribution in [2.24, 2.45) is 51.4 Å². The quantitative estimate of drug-likeness (QED) is 0.0156. The number of primary amides is 1. The number of unbranched alkanes of at least 4 members (excludes halogenated alkanes) is 1. The van der Waals surface area contributed by atoms with Crippen LogP contribution >= 0.6 is 0 Å². The van der Waals surface area contributed by atoms with Crippen molar-refractivity contribution in [3.63, 3.8) is 0 Å². The van der Waals surface area contributed by atoms with Crippen molar-refractivity contribution in [2.75, 3.05) is 19.7 Å². The number of guanidine groups is 1. The lowest BCUT2D eigenvalue weighted by atomic mass is 10.00. The van der Waals surface area contributed by atoms with Crippen LogP contribution in [0, 0.1) is 17.8 Å². The van der Waals surface area contributed by atoms with Crippen LogP contribution in [0.15, 0.2) is 4.99 Å². The number of aliphatic hydroxyl groups is 1. The number of amides is 9. The number of aliphatic carboxylic acids is 3. The summed E-state index contributed by atoms with van der Waals surface area (Å²) in [5.41, 5.74) is 27.7. The smallest absolute Gasteiger partial charge is 0.326 e. The van der Waals surface area contributed by atoms with Crippen molar-refractivity contribution < 1.29 is 78.0 Å². The summed E-state index contributed by atoms with van der Waals surface area (Å²) < 4.78 is 0. The molecule has 22 N–H and O–H groups in total. The van der Waals surface area contributed by atoms with Gasteiger partial charge >= 0.3 is 17.9 Å². The molecule has 0 spiro atoms. The van der Waals surface area contributed by atoms with Gasteiger partial charge in [0.1, 0.15) is 48.3 Å². The van der Waals surface area contributed by atoms with Crippen LogP contribution in [0.5, 0.6) is 0 Å². The molecular weight excluding hydrogens is 993 g/mol. The first-order chi connectivity index (χ1) is 34.9. The molecule has 75 heavy (non-hydrogen) atoms. The Hall–Kier alpha value is -7.21. The molecule has 30 nitrogen and oxygen atoms in total. The van der Waals surface area contributed by atoms with Crippen LogP contribution in [0.25, 0.3) is 0 Å². The Morgan fingerprint density at radius 2 is 0.893 bits per heavy atom. The lowest BCUT2D eigenvalue weighted by molar-refractivity contribution is -0.144. The Labute approximate surface area is 434 Å². The molecular formula is C45H80N14O16. The van der Waals surface area contributed by atoms with E-state index in [1.807, 2.05) is 0 Å². The Kier molecular flexibility index (Phi) is 31.7. The van der Waals surface area contributed by atoms with Crippen LogP contribution in [-0.4, -0.2) is 172 Å². The highest BCUT2D eigenvalue weighted by Crippen LogP contribution is 2.12. The van der Waals surface area contributed by atoms with Crippen molar-refractivity contribution in [1.29, 1.82) is 0 Å². The molecule has 0 aromatic carbocycles. The summed E-state index contributed by atoms with van der Waals surface area (Å²) in [6.07, 6.45) is -2.40. The molecule has 0 rings (SSSR count). The number of carbonyl (C=O) groups excluding carboxylic acids is 9. The van der Waals surface area contributed by atoms with Crippen LogP contribution in [0.4, 0.5) is 0 Å². The lowest BCUT2D eigenvalue weighted by Crippen LogP contribution is -2.61. The summed E-state index contributed by atoms with van der Waals surface area (Å²) in [7, 11) is 0. The van der Waals surface area contributed by atoms with Crippen LogP contribution < -0.4 is 71.2 Å². The fourth-order valence-corrected chi connectivity index (χ4v) is 6.98. The first-order valence-electron chi connectivity index (χ1n) is 24.4. The molecule has 0 heterocycles. The topological polar surface area (TPSA) is 524 Å². The molecule has 0 unspecified atom stereocenters. The van der Waals surface area contributed by atoms with Gasteiger partial charge in [0, 0.05) is 19.4 Å². The average Bonchev–Trinajstić information content (AvgIpc) is 3.30. The van der Waals surface area contributed by atoms with Crippen LogP contribution in [-0.2, 0) is 57.5 Å². The average molecular weight is 1070 g/mol. The van der Waals surface area contributed by atoms with Gasteiger partial charge in [-0.05, 0) is 69.2 Å². The Morgan fingerprint density at radius 1 is 0.480 bits per heavy atom. The zero-order valence-electron chi connectivity index (χ0n) is 43.3. The number of aliphatic imine (C=N–C) groups is 1. The van der Waals surface area contributed by atoms with E-state index in [-0.39, 0.29) is 44.1 Å². The second-order valence-electron chi connectivity index (χ2n) is 18.9. The number of carboxylic acid groups (broad SMARTS) is 3. The monoisotopic (exact) mass is 1070 g/mol. The van der Waals surface area contributed by atoms with Crippen molar-refractivity contribution in [2.45, 2.75) is 167 Å². The Balaban J connectivity index is 6.78. The normalized spacial score (nSPS) is 14.7. The van der Waals surface area contributed by atoms with Gasteiger partial charge in [0.05, 0.1) is 19.1 Å². The minimum absolute atomic E-state index is 0.0122. The lowest BCUT2D eigenvalue weighted by Gasteiger charge is -2.29. The second-order valence-corrected chi connectivity index (χ2v) is 18.9. The van der Waals surface area contributed by atoms with Gasteiger partial charge in [-0.3, -0.25) is 57.7 Å². The zero-order chi connectivity index (χ0) is 57.7. The van der Waals surface area contributed by atoms with E-state index in [1.165, 1.54) is 27.7 Å². The molecule has 0 fully saturated rings.